The van der Waals surface area contributed by atoms with Crippen LogP contribution in [0.1, 0.15) is 59.3 Å². The first-order valence-electron chi connectivity index (χ1n) is 6.74. The quantitative estimate of drug-likeness (QED) is 0.631. The number of hydrogen-bond acceptors (Lipinski definition) is 1. The molecule has 16 heavy (non-hydrogen) atoms. The second kappa shape index (κ2) is 6.22. The van der Waals surface area contributed by atoms with E-state index in [1.165, 1.54) is 12.8 Å². The predicted molar refractivity (Wildman–Crippen MR) is 69.3 cm³/mol. The van der Waals surface area contributed by atoms with E-state index in [9.17, 15) is 4.79 Å². The highest BCUT2D eigenvalue weighted by Gasteiger charge is 2.27. The van der Waals surface area contributed by atoms with Gasteiger partial charge in [-0.2, -0.15) is 0 Å². The van der Waals surface area contributed by atoms with Crippen molar-refractivity contribution in [2.45, 2.75) is 59.3 Å². The zero-order chi connectivity index (χ0) is 12.1. The van der Waals surface area contributed by atoms with Crippen molar-refractivity contribution in [2.75, 3.05) is 0 Å². The summed E-state index contributed by atoms with van der Waals surface area (Å²) in [5.74, 6) is 2.40. The van der Waals surface area contributed by atoms with Crippen molar-refractivity contribution < 1.29 is 4.79 Å². The number of carbonyl (C=O) groups is 1. The summed E-state index contributed by atoms with van der Waals surface area (Å²) in [6.45, 7) is 10.6. The minimum Gasteiger partial charge on any atom is -0.299 e. The number of ketones is 1. The fraction of sp³-hybridized carbons (Fsp3) is 0.800. The van der Waals surface area contributed by atoms with E-state index in [1.807, 2.05) is 0 Å². The molecule has 0 spiro atoms. The number of Topliss-reactive ketones (excluding diaryl/α,β-unsaturated/α-hetero) is 1. The fourth-order valence-electron chi connectivity index (χ4n) is 2.62. The third-order valence-corrected chi connectivity index (χ3v) is 4.09. The van der Waals surface area contributed by atoms with E-state index in [0.29, 0.717) is 18.1 Å². The number of hydrogen-bond donors (Lipinski definition) is 0. The van der Waals surface area contributed by atoms with Crippen molar-refractivity contribution in [3.8, 4) is 0 Å². The van der Waals surface area contributed by atoms with Gasteiger partial charge in [0.1, 0.15) is 5.78 Å². The summed E-state index contributed by atoms with van der Waals surface area (Å²) in [5, 5.41) is 0. The molecule has 1 aliphatic carbocycles. The van der Waals surface area contributed by atoms with E-state index < -0.39 is 0 Å². The predicted octanol–water partition coefficient (Wildman–Crippen LogP) is 4.37. The van der Waals surface area contributed by atoms with Gasteiger partial charge >= 0.3 is 0 Å². The van der Waals surface area contributed by atoms with Gasteiger partial charge in [-0.05, 0) is 43.9 Å². The van der Waals surface area contributed by atoms with Crippen LogP contribution in [0.5, 0.6) is 0 Å². The average Bonchev–Trinajstić information content (AvgIpc) is 2.28. The van der Waals surface area contributed by atoms with E-state index in [0.717, 1.165) is 36.7 Å². The topological polar surface area (TPSA) is 17.1 Å². The molecule has 0 bridgehead atoms. The second-order valence-electron chi connectivity index (χ2n) is 5.60. The van der Waals surface area contributed by atoms with Gasteiger partial charge in [0.05, 0.1) is 0 Å². The maximum Gasteiger partial charge on any atom is 0.139 e. The Morgan fingerprint density at radius 2 is 1.81 bits per heavy atom. The smallest absolute Gasteiger partial charge is 0.139 e. The minimum absolute atomic E-state index is 0.332. The molecule has 0 atom stereocenters. The Bertz CT molecular complexity index is 244. The van der Waals surface area contributed by atoms with Gasteiger partial charge in [-0.3, -0.25) is 4.79 Å². The summed E-state index contributed by atoms with van der Waals surface area (Å²) in [7, 11) is 0. The van der Waals surface area contributed by atoms with E-state index in [1.54, 1.807) is 0 Å². The molecule has 1 rings (SSSR count). The highest BCUT2D eigenvalue weighted by molar-refractivity contribution is 5.83. The molecule has 1 aliphatic rings. The first-order valence-corrected chi connectivity index (χ1v) is 6.74. The monoisotopic (exact) mass is 222 g/mol. The highest BCUT2D eigenvalue weighted by Crippen LogP contribution is 2.34. The third-order valence-electron chi connectivity index (χ3n) is 4.09. The largest absolute Gasteiger partial charge is 0.299 e. The minimum atomic E-state index is 0.332. The fourth-order valence-corrected chi connectivity index (χ4v) is 2.62. The van der Waals surface area contributed by atoms with Crippen molar-refractivity contribution in [3.05, 3.63) is 12.2 Å². The summed E-state index contributed by atoms with van der Waals surface area (Å²) in [6.07, 6.45) is 6.26. The van der Waals surface area contributed by atoms with Crippen molar-refractivity contribution in [3.63, 3.8) is 0 Å². The molecule has 0 aliphatic heterocycles. The average molecular weight is 222 g/mol. The lowest BCUT2D eigenvalue weighted by molar-refractivity contribution is -0.123. The third kappa shape index (κ3) is 3.77. The van der Waals surface area contributed by atoms with Gasteiger partial charge in [0.15, 0.2) is 0 Å². The molecule has 1 saturated carbocycles. The molecular weight excluding hydrogens is 196 g/mol. The SMILES string of the molecule is C=C(CC)CC(=O)C1CCC(C(C)C)CC1. The molecule has 0 aromatic rings. The molecule has 1 heteroatoms. The van der Waals surface area contributed by atoms with Crippen LogP contribution in [-0.4, -0.2) is 5.78 Å². The van der Waals surface area contributed by atoms with Gasteiger partial charge in [0, 0.05) is 12.3 Å². The van der Waals surface area contributed by atoms with Crippen LogP contribution in [0.25, 0.3) is 0 Å². The summed E-state index contributed by atoms with van der Waals surface area (Å²) in [5.41, 5.74) is 1.09. The molecule has 0 N–H and O–H groups in total. The van der Waals surface area contributed by atoms with Crippen LogP contribution in [0.4, 0.5) is 0 Å². The Morgan fingerprint density at radius 1 is 1.25 bits per heavy atom. The van der Waals surface area contributed by atoms with Crippen LogP contribution in [0.3, 0.4) is 0 Å². The van der Waals surface area contributed by atoms with E-state index in [2.05, 4.69) is 27.4 Å². The molecular formula is C15H26O. The van der Waals surface area contributed by atoms with Gasteiger partial charge in [0.25, 0.3) is 0 Å². The number of allylic oxidation sites excluding steroid dienone is 1. The zero-order valence-electron chi connectivity index (χ0n) is 11.1. The van der Waals surface area contributed by atoms with Crippen molar-refractivity contribution in [2.24, 2.45) is 17.8 Å². The van der Waals surface area contributed by atoms with Crippen LogP contribution < -0.4 is 0 Å². The Morgan fingerprint density at radius 3 is 2.25 bits per heavy atom. The van der Waals surface area contributed by atoms with Crippen LogP contribution in [0.15, 0.2) is 12.2 Å². The molecule has 1 nitrogen and oxygen atoms in total. The van der Waals surface area contributed by atoms with Gasteiger partial charge in [-0.1, -0.05) is 32.9 Å². The standard InChI is InChI=1S/C15H26O/c1-5-12(4)10-15(16)14-8-6-13(7-9-14)11(2)3/h11,13-14H,4-10H2,1-3H3. The first-order chi connectivity index (χ1) is 7.54. The maximum atomic E-state index is 12.0. The molecule has 92 valence electrons. The van der Waals surface area contributed by atoms with Crippen molar-refractivity contribution >= 4 is 5.78 Å². The van der Waals surface area contributed by atoms with Crippen LogP contribution in [0.2, 0.25) is 0 Å². The molecule has 0 heterocycles. The van der Waals surface area contributed by atoms with Gasteiger partial charge in [0.2, 0.25) is 0 Å². The van der Waals surface area contributed by atoms with Crippen LogP contribution in [0, 0.1) is 17.8 Å². The normalized spacial score (nSPS) is 25.8. The molecule has 0 unspecified atom stereocenters. The summed E-state index contributed by atoms with van der Waals surface area (Å²) < 4.78 is 0. The second-order valence-corrected chi connectivity index (χ2v) is 5.60. The molecule has 0 amide bonds. The summed E-state index contributed by atoms with van der Waals surface area (Å²) in [4.78, 5) is 12.0. The van der Waals surface area contributed by atoms with E-state index >= 15 is 0 Å². The maximum absolute atomic E-state index is 12.0. The Balaban J connectivity index is 2.36. The zero-order valence-corrected chi connectivity index (χ0v) is 11.1. The van der Waals surface area contributed by atoms with Crippen LogP contribution in [-0.2, 0) is 4.79 Å². The molecule has 0 saturated heterocycles. The summed E-state index contributed by atoms with van der Waals surface area (Å²) >= 11 is 0. The van der Waals surface area contributed by atoms with E-state index in [4.69, 9.17) is 0 Å². The molecule has 0 aromatic heterocycles. The lowest BCUT2D eigenvalue weighted by Gasteiger charge is -2.30. The molecule has 1 fully saturated rings. The Kier molecular flexibility index (Phi) is 5.24. The Hall–Kier alpha value is -0.590. The number of carbonyl (C=O) groups excluding carboxylic acids is 1. The van der Waals surface area contributed by atoms with Crippen molar-refractivity contribution in [1.29, 1.82) is 0 Å². The number of rotatable bonds is 5. The molecule has 0 radical (unpaired) electrons. The van der Waals surface area contributed by atoms with Crippen molar-refractivity contribution in [1.82, 2.24) is 0 Å². The highest BCUT2D eigenvalue weighted by atomic mass is 16.1. The van der Waals surface area contributed by atoms with Gasteiger partial charge in [-0.15, -0.1) is 0 Å². The molecule has 0 aromatic carbocycles. The van der Waals surface area contributed by atoms with E-state index in [-0.39, 0.29) is 0 Å². The summed E-state index contributed by atoms with van der Waals surface area (Å²) in [6, 6.07) is 0. The van der Waals surface area contributed by atoms with Crippen LogP contribution >= 0.6 is 0 Å². The lowest BCUT2D eigenvalue weighted by Crippen LogP contribution is -2.24. The lowest BCUT2D eigenvalue weighted by atomic mass is 9.75. The van der Waals surface area contributed by atoms with Gasteiger partial charge in [-0.25, -0.2) is 0 Å². The Labute approximate surface area is 100 Å². The van der Waals surface area contributed by atoms with Gasteiger partial charge < -0.3 is 0 Å². The first kappa shape index (κ1) is 13.5.